The first kappa shape index (κ1) is 12.3. The Labute approximate surface area is 99.8 Å². The maximum absolute atomic E-state index is 3.75. The molecule has 1 N–H and O–H groups in total. The van der Waals surface area contributed by atoms with Crippen molar-refractivity contribution in [3.63, 3.8) is 0 Å². The molecule has 1 aromatic carbocycles. The van der Waals surface area contributed by atoms with E-state index in [-0.39, 0.29) is 32.7 Å². The molecule has 2 heteroatoms. The van der Waals surface area contributed by atoms with Gasteiger partial charge in [0.25, 0.3) is 0 Å². The van der Waals surface area contributed by atoms with Gasteiger partial charge in [-0.15, -0.1) is 0 Å². The third kappa shape index (κ3) is 5.02. The second-order valence-electron chi connectivity index (χ2n) is 2.52. The van der Waals surface area contributed by atoms with Crippen molar-refractivity contribution in [3.8, 4) is 0 Å². The molecule has 0 bridgehead atoms. The Morgan fingerprint density at radius 3 is 2.42 bits per heavy atom. The van der Waals surface area contributed by atoms with Gasteiger partial charge in [0.05, 0.1) is 0 Å². The molecule has 0 saturated heterocycles. The zero-order chi connectivity index (χ0) is 7.94. The van der Waals surface area contributed by atoms with Crippen molar-refractivity contribution in [2.45, 2.75) is 13.0 Å². The largest absolute Gasteiger partial charge is 3.00 e. The Morgan fingerprint density at radius 1 is 1.17 bits per heavy atom. The summed E-state index contributed by atoms with van der Waals surface area (Å²) in [5, 5.41) is 3.29. The fourth-order valence-electron chi connectivity index (χ4n) is 0.954. The van der Waals surface area contributed by atoms with Crippen LogP contribution >= 0.6 is 0 Å². The first-order valence-electron chi connectivity index (χ1n) is 3.97. The van der Waals surface area contributed by atoms with Crippen molar-refractivity contribution >= 4 is 0 Å². The molecular formula is C10H14NY+2. The summed E-state index contributed by atoms with van der Waals surface area (Å²) >= 11 is 0. The van der Waals surface area contributed by atoms with Gasteiger partial charge in [0.15, 0.2) is 0 Å². The maximum Gasteiger partial charge on any atom is 3.00 e. The van der Waals surface area contributed by atoms with Crippen LogP contribution in [0.4, 0.5) is 0 Å². The van der Waals surface area contributed by atoms with Crippen molar-refractivity contribution in [2.75, 3.05) is 6.54 Å². The van der Waals surface area contributed by atoms with E-state index in [1.54, 1.807) is 0 Å². The minimum Gasteiger partial charge on any atom is -0.342 e. The van der Waals surface area contributed by atoms with Gasteiger partial charge in [-0.05, 0) is 12.1 Å². The monoisotopic (exact) mass is 237 g/mol. The van der Waals surface area contributed by atoms with Crippen LogP contribution in [0, 0.1) is 6.92 Å². The van der Waals surface area contributed by atoms with E-state index in [1.165, 1.54) is 5.56 Å². The Morgan fingerprint density at radius 2 is 1.83 bits per heavy atom. The first-order chi connectivity index (χ1) is 5.43. The molecule has 60 valence electrons. The Balaban J connectivity index is 0.00000121. The van der Waals surface area contributed by atoms with E-state index >= 15 is 0 Å². The summed E-state index contributed by atoms with van der Waals surface area (Å²) < 4.78 is 0. The van der Waals surface area contributed by atoms with Gasteiger partial charge in [-0.25, -0.2) is 0 Å². The van der Waals surface area contributed by atoms with Gasteiger partial charge in [0, 0.05) is 6.54 Å². The van der Waals surface area contributed by atoms with Crippen molar-refractivity contribution in [1.82, 2.24) is 5.32 Å². The van der Waals surface area contributed by atoms with Crippen molar-refractivity contribution in [2.24, 2.45) is 0 Å². The third-order valence-electron chi connectivity index (χ3n) is 1.53. The second kappa shape index (κ2) is 7.91. The van der Waals surface area contributed by atoms with Crippen molar-refractivity contribution in [3.05, 3.63) is 42.8 Å². The fourth-order valence-corrected chi connectivity index (χ4v) is 0.954. The van der Waals surface area contributed by atoms with Crippen LogP contribution < -0.4 is 5.32 Å². The molecule has 0 atom stereocenters. The molecule has 0 fully saturated rings. The minimum absolute atomic E-state index is 0. The van der Waals surface area contributed by atoms with Gasteiger partial charge < -0.3 is 12.2 Å². The van der Waals surface area contributed by atoms with Gasteiger partial charge in [-0.1, -0.05) is 30.3 Å². The standard InChI is InChI=1S/C10H14N.Y/c1-2-8-11-9-10-6-4-3-5-7-10;/h3-7,11H,1-2,8-9H2;/q-1;+3. The molecule has 0 radical (unpaired) electrons. The Hall–Kier alpha value is 0.284. The number of hydrogen-bond acceptors (Lipinski definition) is 1. The molecular weight excluding hydrogens is 223 g/mol. The molecule has 1 nitrogen and oxygen atoms in total. The molecule has 0 aliphatic carbocycles. The average Bonchev–Trinajstić information content (AvgIpc) is 2.07. The van der Waals surface area contributed by atoms with E-state index in [0.29, 0.717) is 0 Å². The quantitative estimate of drug-likeness (QED) is 0.623. The van der Waals surface area contributed by atoms with Gasteiger partial charge in [-0.2, -0.15) is 6.42 Å². The minimum atomic E-state index is 0. The van der Waals surface area contributed by atoms with Gasteiger partial charge in [0.2, 0.25) is 0 Å². The predicted molar refractivity (Wildman–Crippen MR) is 48.1 cm³/mol. The summed E-state index contributed by atoms with van der Waals surface area (Å²) in [5.41, 5.74) is 1.33. The zero-order valence-corrected chi connectivity index (χ0v) is 10.1. The van der Waals surface area contributed by atoms with Gasteiger partial charge in [0.1, 0.15) is 0 Å². The summed E-state index contributed by atoms with van der Waals surface area (Å²) in [6, 6.07) is 10.4. The number of benzene rings is 1. The van der Waals surface area contributed by atoms with Crippen LogP contribution in [0.3, 0.4) is 0 Å². The van der Waals surface area contributed by atoms with E-state index in [1.807, 2.05) is 6.07 Å². The zero-order valence-electron chi connectivity index (χ0n) is 7.29. The average molecular weight is 237 g/mol. The van der Waals surface area contributed by atoms with Crippen LogP contribution in [0.15, 0.2) is 30.3 Å². The topological polar surface area (TPSA) is 12.0 Å². The molecule has 0 saturated carbocycles. The molecule has 0 unspecified atom stereocenters. The smallest absolute Gasteiger partial charge is 0.342 e. The van der Waals surface area contributed by atoms with E-state index in [9.17, 15) is 0 Å². The van der Waals surface area contributed by atoms with E-state index in [2.05, 4.69) is 36.5 Å². The molecule has 0 aliphatic rings. The summed E-state index contributed by atoms with van der Waals surface area (Å²) in [5.74, 6) is 0. The van der Waals surface area contributed by atoms with Crippen LogP contribution in [0.5, 0.6) is 0 Å². The Kier molecular flexibility index (Phi) is 8.10. The van der Waals surface area contributed by atoms with E-state index < -0.39 is 0 Å². The van der Waals surface area contributed by atoms with Crippen LogP contribution in [-0.4, -0.2) is 6.54 Å². The fraction of sp³-hybridized carbons (Fsp3) is 0.300. The summed E-state index contributed by atoms with van der Waals surface area (Å²) in [4.78, 5) is 0. The molecule has 0 amide bonds. The predicted octanol–water partition coefficient (Wildman–Crippen LogP) is 2.00. The molecule has 1 aromatic rings. The molecule has 1 rings (SSSR count). The number of rotatable bonds is 4. The van der Waals surface area contributed by atoms with Crippen LogP contribution in [-0.2, 0) is 39.3 Å². The van der Waals surface area contributed by atoms with Crippen molar-refractivity contribution < 1.29 is 32.7 Å². The third-order valence-corrected chi connectivity index (χ3v) is 1.53. The number of nitrogens with one attached hydrogen (secondary N) is 1. The van der Waals surface area contributed by atoms with Gasteiger partial charge in [-0.3, -0.25) is 0 Å². The van der Waals surface area contributed by atoms with E-state index in [4.69, 9.17) is 0 Å². The summed E-state index contributed by atoms with van der Waals surface area (Å²) in [6.45, 7) is 5.70. The molecule has 0 aliphatic heterocycles. The molecule has 0 aromatic heterocycles. The molecule has 12 heavy (non-hydrogen) atoms. The van der Waals surface area contributed by atoms with Crippen molar-refractivity contribution in [1.29, 1.82) is 0 Å². The first-order valence-corrected chi connectivity index (χ1v) is 3.97. The van der Waals surface area contributed by atoms with Crippen LogP contribution in [0.25, 0.3) is 0 Å². The Bertz CT molecular complexity index is 186. The molecule has 0 spiro atoms. The maximum atomic E-state index is 3.75. The second-order valence-corrected chi connectivity index (χ2v) is 2.52. The van der Waals surface area contributed by atoms with Crippen LogP contribution in [0.1, 0.15) is 12.0 Å². The van der Waals surface area contributed by atoms with Gasteiger partial charge >= 0.3 is 32.7 Å². The SMILES string of the molecule is [CH2-]CCNCc1ccccc1.[Y+3]. The van der Waals surface area contributed by atoms with E-state index in [0.717, 1.165) is 19.5 Å². The normalized spacial score (nSPS) is 9.08. The summed E-state index contributed by atoms with van der Waals surface area (Å²) in [6.07, 6.45) is 0.951. The number of hydrogen-bond donors (Lipinski definition) is 1. The molecule has 0 heterocycles. The van der Waals surface area contributed by atoms with Crippen LogP contribution in [0.2, 0.25) is 0 Å². The summed E-state index contributed by atoms with van der Waals surface area (Å²) in [7, 11) is 0.